The molecule has 1 aromatic carbocycles. The van der Waals surface area contributed by atoms with Crippen LogP contribution in [0.4, 0.5) is 5.69 Å². The Balaban J connectivity index is 1.42. The van der Waals surface area contributed by atoms with Crippen molar-refractivity contribution in [2.75, 3.05) is 18.4 Å². The first kappa shape index (κ1) is 18.9. The highest BCUT2D eigenvalue weighted by Gasteiger charge is 2.17. The third-order valence-electron chi connectivity index (χ3n) is 5.61. The molecule has 1 aromatic rings. The second-order valence-corrected chi connectivity index (χ2v) is 7.67. The monoisotopic (exact) mass is 357 g/mol. The predicted molar refractivity (Wildman–Crippen MR) is 104 cm³/mol. The zero-order chi connectivity index (χ0) is 18.2. The van der Waals surface area contributed by atoms with Crippen LogP contribution in [0.5, 0.6) is 0 Å². The van der Waals surface area contributed by atoms with Gasteiger partial charge in [-0.2, -0.15) is 0 Å². The minimum atomic E-state index is -0.0133. The SMILES string of the molecule is O=C(CCC1CCNCC1)Nc1ccc(C(=O)NC2CCCCC2)cc1. The number of anilines is 1. The summed E-state index contributed by atoms with van der Waals surface area (Å²) in [5, 5.41) is 9.41. The molecule has 142 valence electrons. The highest BCUT2D eigenvalue weighted by molar-refractivity contribution is 5.96. The van der Waals surface area contributed by atoms with Gasteiger partial charge in [0.15, 0.2) is 0 Å². The molecule has 1 aliphatic carbocycles. The molecule has 0 atom stereocenters. The first-order valence-corrected chi connectivity index (χ1v) is 10.1. The lowest BCUT2D eigenvalue weighted by Crippen LogP contribution is -2.36. The molecule has 0 unspecified atom stereocenters. The van der Waals surface area contributed by atoms with Gasteiger partial charge in [0.05, 0.1) is 0 Å². The first-order chi connectivity index (χ1) is 12.7. The van der Waals surface area contributed by atoms with Gasteiger partial charge in [-0.15, -0.1) is 0 Å². The number of piperidine rings is 1. The molecule has 0 aromatic heterocycles. The fraction of sp³-hybridized carbons (Fsp3) is 0.619. The number of carbonyl (C=O) groups excluding carboxylic acids is 2. The topological polar surface area (TPSA) is 70.2 Å². The Morgan fingerprint density at radius 3 is 2.35 bits per heavy atom. The van der Waals surface area contributed by atoms with Crippen molar-refractivity contribution >= 4 is 17.5 Å². The van der Waals surface area contributed by atoms with Crippen molar-refractivity contribution in [1.29, 1.82) is 0 Å². The van der Waals surface area contributed by atoms with Crippen molar-refractivity contribution < 1.29 is 9.59 Å². The molecule has 3 rings (SSSR count). The van der Waals surface area contributed by atoms with Gasteiger partial charge in [0, 0.05) is 23.7 Å². The predicted octanol–water partition coefficient (Wildman–Crippen LogP) is 3.47. The molecule has 1 saturated heterocycles. The smallest absolute Gasteiger partial charge is 0.251 e. The van der Waals surface area contributed by atoms with E-state index in [2.05, 4.69) is 16.0 Å². The third kappa shape index (κ3) is 5.84. The Hall–Kier alpha value is -1.88. The maximum Gasteiger partial charge on any atom is 0.251 e. The molecule has 0 bridgehead atoms. The maximum atomic E-state index is 12.3. The number of hydrogen-bond donors (Lipinski definition) is 3. The number of hydrogen-bond acceptors (Lipinski definition) is 3. The Bertz CT molecular complexity index is 588. The van der Waals surface area contributed by atoms with Crippen LogP contribution in [0.1, 0.15) is 68.1 Å². The van der Waals surface area contributed by atoms with Crippen molar-refractivity contribution in [3.63, 3.8) is 0 Å². The number of nitrogens with one attached hydrogen (secondary N) is 3. The van der Waals surface area contributed by atoms with E-state index in [1.807, 2.05) is 12.1 Å². The maximum absolute atomic E-state index is 12.3. The van der Waals surface area contributed by atoms with E-state index in [-0.39, 0.29) is 11.8 Å². The second kappa shape index (κ2) is 9.72. The summed E-state index contributed by atoms with van der Waals surface area (Å²) in [6.07, 6.45) is 9.69. The zero-order valence-corrected chi connectivity index (χ0v) is 15.6. The summed E-state index contributed by atoms with van der Waals surface area (Å²) in [5.41, 5.74) is 1.41. The highest BCUT2D eigenvalue weighted by atomic mass is 16.2. The molecule has 5 heteroatoms. The molecule has 2 aliphatic rings. The van der Waals surface area contributed by atoms with E-state index in [1.54, 1.807) is 12.1 Å². The molecule has 1 aliphatic heterocycles. The molecule has 1 saturated carbocycles. The average Bonchev–Trinajstić information content (AvgIpc) is 2.68. The average molecular weight is 357 g/mol. The van der Waals surface area contributed by atoms with E-state index < -0.39 is 0 Å². The van der Waals surface area contributed by atoms with E-state index in [4.69, 9.17) is 0 Å². The highest BCUT2D eigenvalue weighted by Crippen LogP contribution is 2.19. The number of amides is 2. The second-order valence-electron chi connectivity index (χ2n) is 7.67. The number of benzene rings is 1. The van der Waals surface area contributed by atoms with Gasteiger partial charge in [-0.05, 0) is 75.4 Å². The summed E-state index contributed by atoms with van der Waals surface area (Å²) < 4.78 is 0. The minimum absolute atomic E-state index is 0.0133. The van der Waals surface area contributed by atoms with Gasteiger partial charge >= 0.3 is 0 Å². The lowest BCUT2D eigenvalue weighted by Gasteiger charge is -2.22. The third-order valence-corrected chi connectivity index (χ3v) is 5.61. The lowest BCUT2D eigenvalue weighted by molar-refractivity contribution is -0.116. The summed E-state index contributed by atoms with van der Waals surface area (Å²) >= 11 is 0. The Morgan fingerprint density at radius 2 is 1.65 bits per heavy atom. The van der Waals surface area contributed by atoms with E-state index in [9.17, 15) is 9.59 Å². The van der Waals surface area contributed by atoms with Crippen LogP contribution >= 0.6 is 0 Å². The van der Waals surface area contributed by atoms with Crippen LogP contribution in [0.25, 0.3) is 0 Å². The van der Waals surface area contributed by atoms with Gasteiger partial charge in [-0.25, -0.2) is 0 Å². The molecule has 0 spiro atoms. The summed E-state index contributed by atoms with van der Waals surface area (Å²) in [5.74, 6) is 0.705. The quantitative estimate of drug-likeness (QED) is 0.730. The van der Waals surface area contributed by atoms with Crippen LogP contribution in [0.2, 0.25) is 0 Å². The minimum Gasteiger partial charge on any atom is -0.349 e. The van der Waals surface area contributed by atoms with Gasteiger partial charge < -0.3 is 16.0 Å². The van der Waals surface area contributed by atoms with Gasteiger partial charge in [-0.1, -0.05) is 19.3 Å². The summed E-state index contributed by atoms with van der Waals surface area (Å²) in [4.78, 5) is 24.5. The van der Waals surface area contributed by atoms with Crippen molar-refractivity contribution in [3.8, 4) is 0 Å². The van der Waals surface area contributed by atoms with E-state index in [0.717, 1.165) is 50.9 Å². The molecule has 2 fully saturated rings. The molecular formula is C21H31N3O2. The largest absolute Gasteiger partial charge is 0.349 e. The molecule has 1 heterocycles. The van der Waals surface area contributed by atoms with Crippen LogP contribution in [0.3, 0.4) is 0 Å². The van der Waals surface area contributed by atoms with Crippen LogP contribution in [-0.4, -0.2) is 30.9 Å². The summed E-state index contributed by atoms with van der Waals surface area (Å²) in [7, 11) is 0. The summed E-state index contributed by atoms with van der Waals surface area (Å²) in [6, 6.07) is 7.53. The van der Waals surface area contributed by atoms with Crippen LogP contribution in [0.15, 0.2) is 24.3 Å². The van der Waals surface area contributed by atoms with E-state index in [0.29, 0.717) is 23.9 Å². The van der Waals surface area contributed by atoms with Gasteiger partial charge in [0.1, 0.15) is 0 Å². The van der Waals surface area contributed by atoms with Gasteiger partial charge in [0.2, 0.25) is 5.91 Å². The molecule has 0 radical (unpaired) electrons. The van der Waals surface area contributed by atoms with Gasteiger partial charge in [0.25, 0.3) is 5.91 Å². The van der Waals surface area contributed by atoms with Crippen molar-refractivity contribution in [1.82, 2.24) is 10.6 Å². The molecule has 3 N–H and O–H groups in total. The Morgan fingerprint density at radius 1 is 0.962 bits per heavy atom. The van der Waals surface area contributed by atoms with Crippen LogP contribution in [0, 0.1) is 5.92 Å². The molecule has 26 heavy (non-hydrogen) atoms. The molecule has 5 nitrogen and oxygen atoms in total. The van der Waals surface area contributed by atoms with Crippen LogP contribution < -0.4 is 16.0 Å². The molecular weight excluding hydrogens is 326 g/mol. The van der Waals surface area contributed by atoms with Crippen molar-refractivity contribution in [2.45, 2.75) is 63.8 Å². The Labute approximate surface area is 156 Å². The zero-order valence-electron chi connectivity index (χ0n) is 15.6. The fourth-order valence-corrected chi connectivity index (χ4v) is 3.95. The van der Waals surface area contributed by atoms with E-state index >= 15 is 0 Å². The van der Waals surface area contributed by atoms with E-state index in [1.165, 1.54) is 19.3 Å². The number of rotatable bonds is 6. The Kier molecular flexibility index (Phi) is 7.06. The van der Waals surface area contributed by atoms with Crippen molar-refractivity contribution in [3.05, 3.63) is 29.8 Å². The fourth-order valence-electron chi connectivity index (χ4n) is 3.95. The molecule has 2 amide bonds. The standard InChI is InChI=1S/C21H31N3O2/c25-20(11-6-16-12-14-22-15-13-16)23-19-9-7-17(8-10-19)21(26)24-18-4-2-1-3-5-18/h7-10,16,18,22H,1-6,11-15H2,(H,23,25)(H,24,26). The van der Waals surface area contributed by atoms with Crippen LogP contribution in [-0.2, 0) is 4.79 Å². The number of carbonyl (C=O) groups is 2. The summed E-state index contributed by atoms with van der Waals surface area (Å²) in [6.45, 7) is 2.13. The normalized spacial score (nSPS) is 19.1. The van der Waals surface area contributed by atoms with Crippen molar-refractivity contribution in [2.24, 2.45) is 5.92 Å². The lowest BCUT2D eigenvalue weighted by atomic mass is 9.93. The first-order valence-electron chi connectivity index (χ1n) is 10.1. The van der Waals surface area contributed by atoms with Gasteiger partial charge in [-0.3, -0.25) is 9.59 Å².